The van der Waals surface area contributed by atoms with E-state index in [4.69, 9.17) is 5.73 Å². The van der Waals surface area contributed by atoms with E-state index in [-0.39, 0.29) is 5.91 Å². The van der Waals surface area contributed by atoms with Crippen molar-refractivity contribution in [2.75, 3.05) is 13.6 Å². The molecular weight excluding hydrogens is 146 g/mol. The quantitative estimate of drug-likeness (QED) is 0.506. The van der Waals surface area contributed by atoms with Crippen LogP contribution in [0.5, 0.6) is 0 Å². The zero-order valence-corrected chi connectivity index (χ0v) is 6.33. The van der Waals surface area contributed by atoms with E-state index < -0.39 is 12.1 Å². The Labute approximate surface area is 64.5 Å². The van der Waals surface area contributed by atoms with Crippen molar-refractivity contribution < 1.29 is 9.59 Å². The van der Waals surface area contributed by atoms with Crippen LogP contribution in [0.2, 0.25) is 0 Å². The Morgan fingerprint density at radius 1 is 1.82 bits per heavy atom. The van der Waals surface area contributed by atoms with Gasteiger partial charge in [-0.3, -0.25) is 4.79 Å². The molecular formula is C6H11N3O2. The highest BCUT2D eigenvalue weighted by molar-refractivity contribution is 5.87. The molecule has 5 heteroatoms. The molecule has 1 saturated heterocycles. The molecule has 0 spiro atoms. The molecule has 0 aromatic carbocycles. The fourth-order valence-corrected chi connectivity index (χ4v) is 1.13. The lowest BCUT2D eigenvalue weighted by Crippen LogP contribution is -2.43. The summed E-state index contributed by atoms with van der Waals surface area (Å²) in [5, 5.41) is 2.37. The number of urea groups is 1. The van der Waals surface area contributed by atoms with Gasteiger partial charge in [-0.15, -0.1) is 0 Å². The van der Waals surface area contributed by atoms with Crippen LogP contribution in [0, 0.1) is 0 Å². The van der Waals surface area contributed by atoms with Gasteiger partial charge in [-0.05, 0) is 6.42 Å². The summed E-state index contributed by atoms with van der Waals surface area (Å²) in [5.41, 5.74) is 4.86. The van der Waals surface area contributed by atoms with Gasteiger partial charge in [0.1, 0.15) is 6.04 Å². The molecule has 5 nitrogen and oxygen atoms in total. The fraction of sp³-hybridized carbons (Fsp3) is 0.667. The predicted molar refractivity (Wildman–Crippen MR) is 38.8 cm³/mol. The minimum atomic E-state index is -0.640. The molecule has 0 bridgehead atoms. The van der Waals surface area contributed by atoms with Crippen molar-refractivity contribution in [1.82, 2.24) is 10.2 Å². The van der Waals surface area contributed by atoms with Gasteiger partial charge >= 0.3 is 6.03 Å². The largest absolute Gasteiger partial charge is 0.352 e. The third-order valence-electron chi connectivity index (χ3n) is 1.74. The van der Waals surface area contributed by atoms with Crippen LogP contribution in [0.15, 0.2) is 0 Å². The fourth-order valence-electron chi connectivity index (χ4n) is 1.13. The van der Waals surface area contributed by atoms with Crippen LogP contribution in [0.25, 0.3) is 0 Å². The van der Waals surface area contributed by atoms with Crippen LogP contribution in [0.1, 0.15) is 6.42 Å². The Hall–Kier alpha value is -1.26. The Morgan fingerprint density at radius 3 is 2.82 bits per heavy atom. The second kappa shape index (κ2) is 2.77. The molecule has 1 atom stereocenters. The SMILES string of the molecule is CN1CC[C@@H](NC(N)=O)C1=O. The molecule has 1 aliphatic heterocycles. The summed E-state index contributed by atoms with van der Waals surface area (Å²) in [6.45, 7) is 0.684. The molecule has 1 rings (SSSR count). The number of carbonyl (C=O) groups is 2. The highest BCUT2D eigenvalue weighted by atomic mass is 16.2. The average Bonchev–Trinajstić information content (AvgIpc) is 2.18. The number of primary amides is 1. The highest BCUT2D eigenvalue weighted by Gasteiger charge is 2.29. The molecule has 3 N–H and O–H groups in total. The molecule has 0 aromatic heterocycles. The van der Waals surface area contributed by atoms with E-state index in [0.29, 0.717) is 13.0 Å². The summed E-state index contributed by atoms with van der Waals surface area (Å²) in [6.07, 6.45) is 0.651. The van der Waals surface area contributed by atoms with Crippen LogP contribution in [-0.2, 0) is 4.79 Å². The highest BCUT2D eigenvalue weighted by Crippen LogP contribution is 2.07. The van der Waals surface area contributed by atoms with Gasteiger partial charge in [0, 0.05) is 13.6 Å². The smallest absolute Gasteiger partial charge is 0.312 e. The van der Waals surface area contributed by atoms with E-state index in [9.17, 15) is 9.59 Å². The summed E-state index contributed by atoms with van der Waals surface area (Å²) in [4.78, 5) is 23.0. The Kier molecular flexibility index (Phi) is 1.98. The molecule has 11 heavy (non-hydrogen) atoms. The van der Waals surface area contributed by atoms with E-state index in [0.717, 1.165) is 0 Å². The summed E-state index contributed by atoms with van der Waals surface area (Å²) in [6, 6.07) is -1.05. The van der Waals surface area contributed by atoms with Crippen molar-refractivity contribution in [3.05, 3.63) is 0 Å². The van der Waals surface area contributed by atoms with Crippen LogP contribution < -0.4 is 11.1 Å². The second-order valence-electron chi connectivity index (χ2n) is 2.61. The Bertz CT molecular complexity index is 192. The first-order chi connectivity index (χ1) is 5.11. The van der Waals surface area contributed by atoms with E-state index >= 15 is 0 Å². The van der Waals surface area contributed by atoms with Gasteiger partial charge in [0.2, 0.25) is 5.91 Å². The second-order valence-corrected chi connectivity index (χ2v) is 2.61. The maximum atomic E-state index is 11.1. The van der Waals surface area contributed by atoms with Gasteiger partial charge in [-0.2, -0.15) is 0 Å². The predicted octanol–water partition coefficient (Wildman–Crippen LogP) is -1.11. The van der Waals surface area contributed by atoms with E-state index in [1.165, 1.54) is 0 Å². The van der Waals surface area contributed by atoms with Gasteiger partial charge in [0.15, 0.2) is 0 Å². The standard InChI is InChI=1S/C6H11N3O2/c1-9-3-2-4(5(9)10)8-6(7)11/h4H,2-3H2,1H3,(H3,7,8,11)/t4-/m1/s1. The molecule has 0 aliphatic carbocycles. The van der Waals surface area contributed by atoms with Gasteiger partial charge in [0.05, 0.1) is 0 Å². The molecule has 3 amide bonds. The number of nitrogens with zero attached hydrogens (tertiary/aromatic N) is 1. The van der Waals surface area contributed by atoms with Gasteiger partial charge < -0.3 is 16.0 Å². The van der Waals surface area contributed by atoms with Crippen molar-refractivity contribution in [3.63, 3.8) is 0 Å². The van der Waals surface area contributed by atoms with Crippen molar-refractivity contribution >= 4 is 11.9 Å². The number of rotatable bonds is 1. The maximum absolute atomic E-state index is 11.1. The summed E-state index contributed by atoms with van der Waals surface area (Å²) >= 11 is 0. The van der Waals surface area contributed by atoms with Crippen LogP contribution in [-0.4, -0.2) is 36.5 Å². The minimum Gasteiger partial charge on any atom is -0.352 e. The molecule has 1 heterocycles. The van der Waals surface area contributed by atoms with Gasteiger partial charge in [-0.25, -0.2) is 4.79 Å². The number of hydrogen-bond donors (Lipinski definition) is 2. The number of likely N-dealkylation sites (tertiary alicyclic amines) is 1. The monoisotopic (exact) mass is 157 g/mol. The average molecular weight is 157 g/mol. The first-order valence-electron chi connectivity index (χ1n) is 3.42. The summed E-state index contributed by atoms with van der Waals surface area (Å²) < 4.78 is 0. The lowest BCUT2D eigenvalue weighted by Gasteiger charge is -2.09. The lowest BCUT2D eigenvalue weighted by molar-refractivity contribution is -0.128. The third kappa shape index (κ3) is 1.60. The Balaban J connectivity index is 2.49. The number of likely N-dealkylation sites (N-methyl/N-ethyl adjacent to an activating group) is 1. The minimum absolute atomic E-state index is 0.0659. The maximum Gasteiger partial charge on any atom is 0.312 e. The van der Waals surface area contributed by atoms with Gasteiger partial charge in [0.25, 0.3) is 0 Å². The number of amides is 3. The molecule has 0 aromatic rings. The molecule has 0 saturated carbocycles. The van der Waals surface area contributed by atoms with E-state index in [1.807, 2.05) is 0 Å². The number of carbonyl (C=O) groups excluding carboxylic acids is 2. The Morgan fingerprint density at radius 2 is 2.45 bits per heavy atom. The zero-order valence-electron chi connectivity index (χ0n) is 6.33. The number of hydrogen-bond acceptors (Lipinski definition) is 2. The van der Waals surface area contributed by atoms with E-state index in [1.54, 1.807) is 11.9 Å². The van der Waals surface area contributed by atoms with Crippen molar-refractivity contribution in [1.29, 1.82) is 0 Å². The first-order valence-corrected chi connectivity index (χ1v) is 3.42. The zero-order chi connectivity index (χ0) is 8.43. The molecule has 62 valence electrons. The first kappa shape index (κ1) is 7.84. The summed E-state index contributed by atoms with van der Waals surface area (Å²) in [7, 11) is 1.70. The van der Waals surface area contributed by atoms with E-state index in [2.05, 4.69) is 5.32 Å². The van der Waals surface area contributed by atoms with Crippen molar-refractivity contribution in [3.8, 4) is 0 Å². The van der Waals surface area contributed by atoms with Crippen molar-refractivity contribution in [2.24, 2.45) is 5.73 Å². The normalized spacial score (nSPS) is 23.9. The van der Waals surface area contributed by atoms with Crippen LogP contribution in [0.4, 0.5) is 4.79 Å². The molecule has 1 fully saturated rings. The van der Waals surface area contributed by atoms with Crippen LogP contribution >= 0.6 is 0 Å². The number of nitrogens with one attached hydrogen (secondary N) is 1. The third-order valence-corrected chi connectivity index (χ3v) is 1.74. The molecule has 0 unspecified atom stereocenters. The van der Waals surface area contributed by atoms with Crippen molar-refractivity contribution in [2.45, 2.75) is 12.5 Å². The van der Waals surface area contributed by atoms with Crippen LogP contribution in [0.3, 0.4) is 0 Å². The molecule has 1 aliphatic rings. The van der Waals surface area contributed by atoms with Gasteiger partial charge in [-0.1, -0.05) is 0 Å². The molecule has 0 radical (unpaired) electrons. The topological polar surface area (TPSA) is 75.4 Å². The summed E-state index contributed by atoms with van der Waals surface area (Å²) in [5.74, 6) is -0.0659. The number of nitrogens with two attached hydrogens (primary N) is 1. The lowest BCUT2D eigenvalue weighted by atomic mass is 10.2.